The lowest BCUT2D eigenvalue weighted by Crippen LogP contribution is -2.43. The van der Waals surface area contributed by atoms with Crippen LogP contribution >= 0.6 is 0 Å². The Morgan fingerprint density at radius 1 is 1.07 bits per heavy atom. The summed E-state index contributed by atoms with van der Waals surface area (Å²) < 4.78 is 16.3. The van der Waals surface area contributed by atoms with Gasteiger partial charge in [0.25, 0.3) is 0 Å². The Bertz CT molecular complexity index is 757. The van der Waals surface area contributed by atoms with Gasteiger partial charge in [-0.05, 0) is 55.8 Å². The van der Waals surface area contributed by atoms with Crippen molar-refractivity contribution in [1.82, 2.24) is 15.5 Å². The minimum atomic E-state index is -0.193. The van der Waals surface area contributed by atoms with E-state index in [1.807, 2.05) is 30.3 Å². The van der Waals surface area contributed by atoms with Gasteiger partial charge in [0.05, 0.1) is 12.3 Å². The van der Waals surface area contributed by atoms with E-state index in [1.54, 1.807) is 6.26 Å². The van der Waals surface area contributed by atoms with Crippen LogP contribution in [0.3, 0.4) is 0 Å². The van der Waals surface area contributed by atoms with Crippen molar-refractivity contribution in [1.29, 1.82) is 0 Å². The smallest absolute Gasteiger partial charge is 0.315 e. The van der Waals surface area contributed by atoms with Gasteiger partial charge in [-0.15, -0.1) is 0 Å². The summed E-state index contributed by atoms with van der Waals surface area (Å²) in [6.45, 7) is 3.26. The third-order valence-electron chi connectivity index (χ3n) is 5.05. The molecule has 1 unspecified atom stereocenters. The Labute approximate surface area is 158 Å². The molecule has 1 aromatic carbocycles. The maximum atomic E-state index is 12.3. The second kappa shape index (κ2) is 8.35. The molecule has 27 heavy (non-hydrogen) atoms. The SMILES string of the molecule is O=C(NCc1ccc2c(c1)OCO2)NCC(c1ccco1)N1CCCCC1. The largest absolute Gasteiger partial charge is 0.468 e. The molecular formula is C20H25N3O4. The van der Waals surface area contributed by atoms with Crippen molar-refractivity contribution < 1.29 is 18.7 Å². The van der Waals surface area contributed by atoms with Gasteiger partial charge in [-0.1, -0.05) is 12.5 Å². The normalized spacial score (nSPS) is 17.5. The number of nitrogens with zero attached hydrogens (tertiary/aromatic N) is 1. The van der Waals surface area contributed by atoms with E-state index in [2.05, 4.69) is 15.5 Å². The zero-order valence-corrected chi connectivity index (χ0v) is 15.3. The summed E-state index contributed by atoms with van der Waals surface area (Å²) in [5, 5.41) is 5.88. The molecule has 2 aromatic rings. The number of amides is 2. The van der Waals surface area contributed by atoms with Gasteiger partial charge in [-0.3, -0.25) is 4.90 Å². The number of likely N-dealkylation sites (tertiary alicyclic amines) is 1. The van der Waals surface area contributed by atoms with Gasteiger partial charge < -0.3 is 24.5 Å². The molecule has 0 bridgehead atoms. The second-order valence-corrected chi connectivity index (χ2v) is 6.88. The van der Waals surface area contributed by atoms with Gasteiger partial charge in [0, 0.05) is 13.1 Å². The van der Waals surface area contributed by atoms with E-state index in [0.29, 0.717) is 13.1 Å². The van der Waals surface area contributed by atoms with Crippen molar-refractivity contribution in [2.24, 2.45) is 0 Å². The van der Waals surface area contributed by atoms with Crippen molar-refractivity contribution >= 4 is 6.03 Å². The Kier molecular flexibility index (Phi) is 5.48. The van der Waals surface area contributed by atoms with E-state index in [0.717, 1.165) is 35.9 Å². The summed E-state index contributed by atoms with van der Waals surface area (Å²) >= 11 is 0. The van der Waals surface area contributed by atoms with E-state index >= 15 is 0 Å². The first-order valence-corrected chi connectivity index (χ1v) is 9.47. The molecule has 7 heteroatoms. The fourth-order valence-electron chi connectivity index (χ4n) is 3.61. The lowest BCUT2D eigenvalue weighted by Gasteiger charge is -2.33. The predicted octanol–water partition coefficient (Wildman–Crippen LogP) is 3.03. The third kappa shape index (κ3) is 4.36. The first-order valence-electron chi connectivity index (χ1n) is 9.47. The van der Waals surface area contributed by atoms with Crippen LogP contribution in [0.1, 0.15) is 36.6 Å². The van der Waals surface area contributed by atoms with Gasteiger partial charge in [0.1, 0.15) is 5.76 Å². The first kappa shape index (κ1) is 17.7. The van der Waals surface area contributed by atoms with Crippen molar-refractivity contribution in [2.75, 3.05) is 26.4 Å². The molecule has 1 aromatic heterocycles. The molecular weight excluding hydrogens is 346 g/mol. The highest BCUT2D eigenvalue weighted by molar-refractivity contribution is 5.73. The summed E-state index contributed by atoms with van der Waals surface area (Å²) in [4.78, 5) is 14.7. The van der Waals surface area contributed by atoms with Gasteiger partial charge in [-0.2, -0.15) is 0 Å². The van der Waals surface area contributed by atoms with Gasteiger partial charge in [-0.25, -0.2) is 4.79 Å². The quantitative estimate of drug-likeness (QED) is 0.816. The summed E-state index contributed by atoms with van der Waals surface area (Å²) in [7, 11) is 0. The molecule has 0 radical (unpaired) electrons. The molecule has 4 rings (SSSR count). The number of carbonyl (C=O) groups excluding carboxylic acids is 1. The number of fused-ring (bicyclic) bond motifs is 1. The Morgan fingerprint density at radius 2 is 1.93 bits per heavy atom. The number of ether oxygens (including phenoxy) is 2. The molecule has 2 aliphatic rings. The number of hydrogen-bond acceptors (Lipinski definition) is 5. The van der Waals surface area contributed by atoms with Crippen molar-refractivity contribution in [3.8, 4) is 11.5 Å². The molecule has 1 atom stereocenters. The Morgan fingerprint density at radius 3 is 2.74 bits per heavy atom. The molecule has 2 amide bonds. The fraction of sp³-hybridized carbons (Fsp3) is 0.450. The van der Waals surface area contributed by atoms with Crippen LogP contribution in [0, 0.1) is 0 Å². The average Bonchev–Trinajstić information content (AvgIpc) is 3.39. The van der Waals surface area contributed by atoms with Crippen LogP contribution < -0.4 is 20.1 Å². The van der Waals surface area contributed by atoms with Crippen molar-refractivity contribution in [3.63, 3.8) is 0 Å². The highest BCUT2D eigenvalue weighted by Gasteiger charge is 2.24. The van der Waals surface area contributed by atoms with E-state index < -0.39 is 0 Å². The average molecular weight is 371 g/mol. The topological polar surface area (TPSA) is 76.0 Å². The van der Waals surface area contributed by atoms with Crippen LogP contribution in [-0.4, -0.2) is 37.4 Å². The maximum Gasteiger partial charge on any atom is 0.315 e. The highest BCUT2D eigenvalue weighted by atomic mass is 16.7. The number of hydrogen-bond donors (Lipinski definition) is 2. The fourth-order valence-corrected chi connectivity index (χ4v) is 3.61. The summed E-state index contributed by atoms with van der Waals surface area (Å²) in [5.74, 6) is 2.36. The van der Waals surface area contributed by atoms with Crippen molar-refractivity contribution in [3.05, 3.63) is 47.9 Å². The first-order chi connectivity index (χ1) is 13.3. The van der Waals surface area contributed by atoms with Crippen LogP contribution in [0.15, 0.2) is 41.0 Å². The number of piperidine rings is 1. The molecule has 2 aliphatic heterocycles. The highest BCUT2D eigenvalue weighted by Crippen LogP contribution is 2.32. The van der Waals surface area contributed by atoms with Crippen LogP contribution in [0.4, 0.5) is 4.79 Å². The molecule has 0 spiro atoms. The number of benzene rings is 1. The van der Waals surface area contributed by atoms with Crippen LogP contribution in [-0.2, 0) is 6.54 Å². The molecule has 0 aliphatic carbocycles. The minimum Gasteiger partial charge on any atom is -0.468 e. The number of nitrogens with one attached hydrogen (secondary N) is 2. The lowest BCUT2D eigenvalue weighted by atomic mass is 10.1. The summed E-state index contributed by atoms with van der Waals surface area (Å²) in [5.41, 5.74) is 0.966. The van der Waals surface area contributed by atoms with E-state index in [4.69, 9.17) is 13.9 Å². The summed E-state index contributed by atoms with van der Waals surface area (Å²) in [6.07, 6.45) is 5.33. The Hall–Kier alpha value is -2.67. The molecule has 144 valence electrons. The van der Waals surface area contributed by atoms with Gasteiger partial charge >= 0.3 is 6.03 Å². The predicted molar refractivity (Wildman–Crippen MR) is 99.7 cm³/mol. The molecule has 1 saturated heterocycles. The molecule has 0 saturated carbocycles. The third-order valence-corrected chi connectivity index (χ3v) is 5.05. The number of furan rings is 1. The van der Waals surface area contributed by atoms with Crippen LogP contribution in [0.2, 0.25) is 0 Å². The van der Waals surface area contributed by atoms with Crippen LogP contribution in [0.25, 0.3) is 0 Å². The second-order valence-electron chi connectivity index (χ2n) is 6.88. The van der Waals surface area contributed by atoms with E-state index in [-0.39, 0.29) is 18.9 Å². The zero-order chi connectivity index (χ0) is 18.5. The van der Waals surface area contributed by atoms with Gasteiger partial charge in [0.2, 0.25) is 6.79 Å². The molecule has 2 N–H and O–H groups in total. The van der Waals surface area contributed by atoms with Crippen molar-refractivity contribution in [2.45, 2.75) is 31.8 Å². The summed E-state index contributed by atoms with van der Waals surface area (Å²) in [6, 6.07) is 9.42. The minimum absolute atomic E-state index is 0.0663. The number of urea groups is 1. The molecule has 7 nitrogen and oxygen atoms in total. The number of carbonyl (C=O) groups is 1. The van der Waals surface area contributed by atoms with E-state index in [9.17, 15) is 4.79 Å². The molecule has 1 fully saturated rings. The standard InChI is InChI=1S/C20H25N3O4/c24-20(21-12-15-6-7-18-19(11-15)27-14-26-18)22-13-16(17-5-4-10-25-17)23-8-2-1-3-9-23/h4-7,10-11,16H,1-3,8-9,12-14H2,(H2,21,22,24). The van der Waals surface area contributed by atoms with Crippen LogP contribution in [0.5, 0.6) is 11.5 Å². The lowest BCUT2D eigenvalue weighted by molar-refractivity contribution is 0.143. The van der Waals surface area contributed by atoms with E-state index in [1.165, 1.54) is 19.3 Å². The maximum absolute atomic E-state index is 12.3. The van der Waals surface area contributed by atoms with Gasteiger partial charge in [0.15, 0.2) is 11.5 Å². The zero-order valence-electron chi connectivity index (χ0n) is 15.3. The number of rotatable bonds is 6. The Balaban J connectivity index is 1.30. The monoisotopic (exact) mass is 371 g/mol. The molecule has 3 heterocycles.